The number of aromatic nitrogens is 1. The molecule has 17 heavy (non-hydrogen) atoms. The summed E-state index contributed by atoms with van der Waals surface area (Å²) in [6, 6.07) is 3.55. The van der Waals surface area contributed by atoms with Crippen molar-refractivity contribution >= 4 is 28.8 Å². The van der Waals surface area contributed by atoms with Crippen molar-refractivity contribution in [1.29, 1.82) is 0 Å². The van der Waals surface area contributed by atoms with Gasteiger partial charge in [0, 0.05) is 17.6 Å². The molecule has 1 aromatic rings. The molecule has 0 saturated heterocycles. The second-order valence-corrected chi connectivity index (χ2v) is 4.39. The van der Waals surface area contributed by atoms with E-state index in [1.165, 1.54) is 0 Å². The SMILES string of the molecule is CCCC(C(=O)Nc1ccnc(C)c1)C(N)=S. The number of amides is 1. The molecule has 0 aliphatic rings. The number of nitrogens with zero attached hydrogens (tertiary/aromatic N) is 1. The number of nitrogens with one attached hydrogen (secondary N) is 1. The molecule has 0 saturated carbocycles. The van der Waals surface area contributed by atoms with Gasteiger partial charge in [0.15, 0.2) is 0 Å². The fraction of sp³-hybridized carbons (Fsp3) is 0.417. The molecule has 1 atom stereocenters. The van der Waals surface area contributed by atoms with Gasteiger partial charge in [-0.1, -0.05) is 25.6 Å². The Kier molecular flexibility index (Phi) is 5.03. The molecule has 0 radical (unpaired) electrons. The minimum absolute atomic E-state index is 0.148. The smallest absolute Gasteiger partial charge is 0.234 e. The summed E-state index contributed by atoms with van der Waals surface area (Å²) in [5.74, 6) is -0.548. The van der Waals surface area contributed by atoms with Crippen molar-refractivity contribution in [2.75, 3.05) is 5.32 Å². The number of hydrogen-bond donors (Lipinski definition) is 2. The number of rotatable bonds is 5. The van der Waals surface area contributed by atoms with Gasteiger partial charge in [0.1, 0.15) is 0 Å². The van der Waals surface area contributed by atoms with E-state index in [9.17, 15) is 4.79 Å². The summed E-state index contributed by atoms with van der Waals surface area (Å²) in [7, 11) is 0. The van der Waals surface area contributed by atoms with Crippen LogP contribution >= 0.6 is 12.2 Å². The third kappa shape index (κ3) is 4.11. The van der Waals surface area contributed by atoms with Crippen molar-refractivity contribution in [3.63, 3.8) is 0 Å². The number of carbonyl (C=O) groups excluding carboxylic acids is 1. The highest BCUT2D eigenvalue weighted by atomic mass is 32.1. The van der Waals surface area contributed by atoms with Crippen LogP contribution in [0.1, 0.15) is 25.5 Å². The fourth-order valence-electron chi connectivity index (χ4n) is 1.54. The third-order valence-corrected chi connectivity index (χ3v) is 2.69. The van der Waals surface area contributed by atoms with E-state index >= 15 is 0 Å². The number of nitrogens with two attached hydrogens (primary N) is 1. The van der Waals surface area contributed by atoms with Crippen molar-refractivity contribution in [2.45, 2.75) is 26.7 Å². The summed E-state index contributed by atoms with van der Waals surface area (Å²) in [6.45, 7) is 3.86. The first-order chi connectivity index (χ1) is 8.04. The fourth-order valence-corrected chi connectivity index (χ4v) is 1.77. The van der Waals surface area contributed by atoms with Crippen LogP contribution in [0.15, 0.2) is 18.3 Å². The van der Waals surface area contributed by atoms with Crippen LogP contribution < -0.4 is 11.1 Å². The highest BCUT2D eigenvalue weighted by Gasteiger charge is 2.20. The van der Waals surface area contributed by atoms with Gasteiger partial charge in [0.05, 0.1) is 10.9 Å². The molecule has 0 fully saturated rings. The minimum Gasteiger partial charge on any atom is -0.393 e. The number of thiocarbonyl (C=S) groups is 1. The molecule has 92 valence electrons. The average Bonchev–Trinajstić information content (AvgIpc) is 2.25. The summed E-state index contributed by atoms with van der Waals surface area (Å²) in [6.07, 6.45) is 3.19. The summed E-state index contributed by atoms with van der Waals surface area (Å²) in [5.41, 5.74) is 7.14. The number of carbonyl (C=O) groups is 1. The van der Waals surface area contributed by atoms with Crippen LogP contribution in [0.25, 0.3) is 0 Å². The van der Waals surface area contributed by atoms with E-state index in [0.717, 1.165) is 17.8 Å². The van der Waals surface area contributed by atoms with E-state index in [1.807, 2.05) is 13.8 Å². The quantitative estimate of drug-likeness (QED) is 0.786. The van der Waals surface area contributed by atoms with Crippen LogP contribution in [0.3, 0.4) is 0 Å². The van der Waals surface area contributed by atoms with Gasteiger partial charge in [0.2, 0.25) is 5.91 Å². The van der Waals surface area contributed by atoms with Crippen LogP contribution in [0.4, 0.5) is 5.69 Å². The minimum atomic E-state index is -0.400. The van der Waals surface area contributed by atoms with Gasteiger partial charge in [-0.05, 0) is 25.5 Å². The van der Waals surface area contributed by atoms with Crippen molar-refractivity contribution in [3.05, 3.63) is 24.0 Å². The predicted molar refractivity (Wildman–Crippen MR) is 72.8 cm³/mol. The second-order valence-electron chi connectivity index (χ2n) is 3.92. The van der Waals surface area contributed by atoms with Crippen molar-refractivity contribution in [2.24, 2.45) is 11.7 Å². The lowest BCUT2D eigenvalue weighted by Crippen LogP contribution is -2.33. The van der Waals surface area contributed by atoms with Crippen LogP contribution in [-0.2, 0) is 4.79 Å². The number of aryl methyl sites for hydroxylation is 1. The first kappa shape index (κ1) is 13.6. The van der Waals surface area contributed by atoms with E-state index in [4.69, 9.17) is 18.0 Å². The van der Waals surface area contributed by atoms with E-state index in [2.05, 4.69) is 10.3 Å². The maximum absolute atomic E-state index is 12.0. The van der Waals surface area contributed by atoms with Gasteiger partial charge in [-0.3, -0.25) is 9.78 Å². The Bertz CT molecular complexity index is 420. The summed E-state index contributed by atoms with van der Waals surface area (Å²) in [4.78, 5) is 16.3. The van der Waals surface area contributed by atoms with E-state index in [1.54, 1.807) is 18.3 Å². The van der Waals surface area contributed by atoms with Gasteiger partial charge >= 0.3 is 0 Å². The standard InChI is InChI=1S/C12H17N3OS/c1-3-4-10(11(13)17)12(16)15-9-5-6-14-8(2)7-9/h5-7,10H,3-4H2,1-2H3,(H2,13,17)(H,14,15,16). The van der Waals surface area contributed by atoms with Crippen molar-refractivity contribution in [3.8, 4) is 0 Å². The summed E-state index contributed by atoms with van der Waals surface area (Å²) < 4.78 is 0. The van der Waals surface area contributed by atoms with Gasteiger partial charge < -0.3 is 11.1 Å². The first-order valence-electron chi connectivity index (χ1n) is 5.57. The normalized spacial score (nSPS) is 11.9. The van der Waals surface area contributed by atoms with Gasteiger partial charge in [-0.15, -0.1) is 0 Å². The summed E-state index contributed by atoms with van der Waals surface area (Å²) in [5, 5.41) is 2.80. The van der Waals surface area contributed by atoms with Gasteiger partial charge in [-0.25, -0.2) is 0 Å². The molecular weight excluding hydrogens is 234 g/mol. The highest BCUT2D eigenvalue weighted by Crippen LogP contribution is 2.13. The van der Waals surface area contributed by atoms with Crippen LogP contribution in [0, 0.1) is 12.8 Å². The molecule has 0 bridgehead atoms. The highest BCUT2D eigenvalue weighted by molar-refractivity contribution is 7.80. The predicted octanol–water partition coefficient (Wildman–Crippen LogP) is 2.03. The monoisotopic (exact) mass is 251 g/mol. The third-order valence-electron chi connectivity index (χ3n) is 2.40. The molecule has 0 spiro atoms. The first-order valence-corrected chi connectivity index (χ1v) is 5.98. The Morgan fingerprint density at radius 3 is 2.88 bits per heavy atom. The number of hydrogen-bond acceptors (Lipinski definition) is 3. The Hall–Kier alpha value is -1.49. The van der Waals surface area contributed by atoms with Crippen LogP contribution in [0.5, 0.6) is 0 Å². The molecule has 3 N–H and O–H groups in total. The largest absolute Gasteiger partial charge is 0.393 e. The molecule has 0 aromatic carbocycles. The van der Waals surface area contributed by atoms with Crippen LogP contribution in [0.2, 0.25) is 0 Å². The molecule has 0 aliphatic heterocycles. The Morgan fingerprint density at radius 1 is 1.65 bits per heavy atom. The molecule has 0 aliphatic carbocycles. The maximum Gasteiger partial charge on any atom is 0.234 e. The van der Waals surface area contributed by atoms with Gasteiger partial charge in [-0.2, -0.15) is 0 Å². The molecule has 1 aromatic heterocycles. The molecule has 1 amide bonds. The average molecular weight is 251 g/mol. The zero-order valence-electron chi connectivity index (χ0n) is 10.1. The van der Waals surface area contributed by atoms with E-state index < -0.39 is 5.92 Å². The lowest BCUT2D eigenvalue weighted by atomic mass is 10.0. The molecule has 5 heteroatoms. The Labute approximate surface area is 107 Å². The molecule has 1 unspecified atom stereocenters. The van der Waals surface area contributed by atoms with Crippen LogP contribution in [-0.4, -0.2) is 15.9 Å². The van der Waals surface area contributed by atoms with Gasteiger partial charge in [0.25, 0.3) is 0 Å². The van der Waals surface area contributed by atoms with Crippen molar-refractivity contribution < 1.29 is 4.79 Å². The summed E-state index contributed by atoms with van der Waals surface area (Å²) >= 11 is 4.91. The van der Waals surface area contributed by atoms with E-state index in [0.29, 0.717) is 6.42 Å². The molecule has 1 rings (SSSR count). The Morgan fingerprint density at radius 2 is 2.35 bits per heavy atom. The Balaban J connectivity index is 2.73. The zero-order chi connectivity index (χ0) is 12.8. The lowest BCUT2D eigenvalue weighted by Gasteiger charge is -2.14. The molecule has 1 heterocycles. The molecular formula is C12H17N3OS. The second kappa shape index (κ2) is 6.30. The van der Waals surface area contributed by atoms with E-state index in [-0.39, 0.29) is 10.9 Å². The number of anilines is 1. The number of pyridine rings is 1. The lowest BCUT2D eigenvalue weighted by molar-refractivity contribution is -0.118. The van der Waals surface area contributed by atoms with Crippen molar-refractivity contribution in [1.82, 2.24) is 4.98 Å². The topological polar surface area (TPSA) is 68.0 Å². The maximum atomic E-state index is 12.0. The zero-order valence-corrected chi connectivity index (χ0v) is 10.9. The molecule has 4 nitrogen and oxygen atoms in total.